The van der Waals surface area contributed by atoms with Gasteiger partial charge in [0.05, 0.1) is 17.4 Å². The van der Waals surface area contributed by atoms with Crippen LogP contribution in [0.5, 0.6) is 0 Å². The van der Waals surface area contributed by atoms with Crippen LogP contribution in [0, 0.1) is 0 Å². The van der Waals surface area contributed by atoms with Gasteiger partial charge in [0.25, 0.3) is 5.91 Å². The van der Waals surface area contributed by atoms with E-state index in [4.69, 9.17) is 11.5 Å². The van der Waals surface area contributed by atoms with E-state index >= 15 is 0 Å². The zero-order valence-electron chi connectivity index (χ0n) is 7.27. The van der Waals surface area contributed by atoms with Crippen LogP contribution in [-0.2, 0) is 0 Å². The number of amides is 1. The van der Waals surface area contributed by atoms with Gasteiger partial charge in [0.1, 0.15) is 5.52 Å². The smallest absolute Gasteiger partial charge is 0.250 e. The predicted octanol–water partition coefficient (Wildman–Crippen LogP) is 0.311. The average Bonchev–Trinajstić information content (AvgIpc) is 2.17. The van der Waals surface area contributed by atoms with Crippen molar-refractivity contribution >= 4 is 22.5 Å². The van der Waals surface area contributed by atoms with Gasteiger partial charge in [0.15, 0.2) is 0 Å². The van der Waals surface area contributed by atoms with Gasteiger partial charge in [0, 0.05) is 5.39 Å². The SMILES string of the molecule is NC(=O)c1cccc2c(N)cnnc12. The molecule has 2 aromatic rings. The third-order valence-electron chi connectivity index (χ3n) is 1.97. The lowest BCUT2D eigenvalue weighted by molar-refractivity contribution is 0.100. The Labute approximate surface area is 79.7 Å². The molecule has 0 aliphatic heterocycles. The normalized spacial score (nSPS) is 10.3. The highest BCUT2D eigenvalue weighted by atomic mass is 16.1. The Morgan fingerprint density at radius 2 is 2.14 bits per heavy atom. The highest BCUT2D eigenvalue weighted by molar-refractivity contribution is 6.06. The van der Waals surface area contributed by atoms with Crippen molar-refractivity contribution in [2.24, 2.45) is 5.73 Å². The van der Waals surface area contributed by atoms with Crippen molar-refractivity contribution in [1.82, 2.24) is 10.2 Å². The van der Waals surface area contributed by atoms with E-state index in [9.17, 15) is 4.79 Å². The van der Waals surface area contributed by atoms with Gasteiger partial charge in [-0.15, -0.1) is 5.10 Å². The van der Waals surface area contributed by atoms with Crippen LogP contribution < -0.4 is 11.5 Å². The summed E-state index contributed by atoms with van der Waals surface area (Å²) in [5, 5.41) is 8.20. The number of primary amides is 1. The molecule has 14 heavy (non-hydrogen) atoms. The molecule has 2 rings (SSSR count). The second-order valence-electron chi connectivity index (χ2n) is 2.87. The maximum Gasteiger partial charge on any atom is 0.250 e. The number of nitrogen functional groups attached to an aromatic ring is 1. The molecule has 5 nitrogen and oxygen atoms in total. The van der Waals surface area contributed by atoms with Crippen molar-refractivity contribution in [2.75, 3.05) is 5.73 Å². The summed E-state index contributed by atoms with van der Waals surface area (Å²) in [6.07, 6.45) is 1.44. The Kier molecular flexibility index (Phi) is 1.78. The third-order valence-corrected chi connectivity index (χ3v) is 1.97. The maximum atomic E-state index is 11.0. The van der Waals surface area contributed by atoms with E-state index in [0.29, 0.717) is 22.2 Å². The molecule has 0 aliphatic rings. The van der Waals surface area contributed by atoms with E-state index in [0.717, 1.165) is 0 Å². The molecule has 1 aromatic heterocycles. The minimum absolute atomic E-state index is 0.335. The molecular weight excluding hydrogens is 180 g/mol. The lowest BCUT2D eigenvalue weighted by atomic mass is 10.1. The van der Waals surface area contributed by atoms with E-state index in [2.05, 4.69) is 10.2 Å². The average molecular weight is 188 g/mol. The Hall–Kier alpha value is -2.17. The Morgan fingerprint density at radius 1 is 1.36 bits per heavy atom. The Bertz CT molecular complexity index is 509. The van der Waals surface area contributed by atoms with E-state index in [1.54, 1.807) is 18.2 Å². The fourth-order valence-corrected chi connectivity index (χ4v) is 1.30. The first kappa shape index (κ1) is 8.43. The molecule has 70 valence electrons. The van der Waals surface area contributed by atoms with Crippen LogP contribution in [0.3, 0.4) is 0 Å². The van der Waals surface area contributed by atoms with Crippen molar-refractivity contribution in [3.05, 3.63) is 30.0 Å². The molecule has 1 aromatic carbocycles. The molecule has 0 saturated carbocycles. The number of nitrogens with zero attached hydrogens (tertiary/aromatic N) is 2. The molecular formula is C9H8N4O. The molecule has 4 N–H and O–H groups in total. The first-order chi connectivity index (χ1) is 6.70. The maximum absolute atomic E-state index is 11.0. The molecule has 0 fully saturated rings. The van der Waals surface area contributed by atoms with Crippen molar-refractivity contribution < 1.29 is 4.79 Å². The summed E-state index contributed by atoms with van der Waals surface area (Å²) < 4.78 is 0. The number of benzene rings is 1. The van der Waals surface area contributed by atoms with Crippen LogP contribution in [0.1, 0.15) is 10.4 Å². The standard InChI is InChI=1S/C9H8N4O/c10-7-4-12-13-8-5(7)2-1-3-6(8)9(11)14/h1-4H,(H2,10,13)(H2,11,14). The van der Waals surface area contributed by atoms with E-state index < -0.39 is 5.91 Å². The van der Waals surface area contributed by atoms with Crippen molar-refractivity contribution in [1.29, 1.82) is 0 Å². The molecule has 0 bridgehead atoms. The molecule has 0 aliphatic carbocycles. The molecule has 1 heterocycles. The number of hydrogen-bond donors (Lipinski definition) is 2. The fraction of sp³-hybridized carbons (Fsp3) is 0. The van der Waals surface area contributed by atoms with Gasteiger partial charge in [0.2, 0.25) is 0 Å². The monoisotopic (exact) mass is 188 g/mol. The minimum Gasteiger partial charge on any atom is -0.397 e. The van der Waals surface area contributed by atoms with Gasteiger partial charge in [-0.05, 0) is 6.07 Å². The van der Waals surface area contributed by atoms with Crippen molar-refractivity contribution in [2.45, 2.75) is 0 Å². The van der Waals surface area contributed by atoms with Gasteiger partial charge in [-0.3, -0.25) is 4.79 Å². The van der Waals surface area contributed by atoms with Gasteiger partial charge in [-0.1, -0.05) is 12.1 Å². The Balaban J connectivity index is 2.88. The number of fused-ring (bicyclic) bond motifs is 1. The van der Waals surface area contributed by atoms with E-state index in [1.165, 1.54) is 6.20 Å². The second kappa shape index (κ2) is 2.95. The molecule has 0 spiro atoms. The predicted molar refractivity (Wildman–Crippen MR) is 52.5 cm³/mol. The van der Waals surface area contributed by atoms with Crippen LogP contribution in [-0.4, -0.2) is 16.1 Å². The molecule has 1 amide bonds. The fourth-order valence-electron chi connectivity index (χ4n) is 1.30. The first-order valence-electron chi connectivity index (χ1n) is 4.00. The van der Waals surface area contributed by atoms with Crippen LogP contribution in [0.15, 0.2) is 24.4 Å². The molecule has 0 radical (unpaired) electrons. The second-order valence-corrected chi connectivity index (χ2v) is 2.87. The van der Waals surface area contributed by atoms with Crippen molar-refractivity contribution in [3.63, 3.8) is 0 Å². The molecule has 0 unspecified atom stereocenters. The first-order valence-corrected chi connectivity index (χ1v) is 4.00. The largest absolute Gasteiger partial charge is 0.397 e. The van der Waals surface area contributed by atoms with Crippen molar-refractivity contribution in [3.8, 4) is 0 Å². The third kappa shape index (κ3) is 1.15. The quantitative estimate of drug-likeness (QED) is 0.673. The molecule has 0 saturated heterocycles. The van der Waals surface area contributed by atoms with Gasteiger partial charge < -0.3 is 11.5 Å². The molecule has 0 atom stereocenters. The topological polar surface area (TPSA) is 94.9 Å². The zero-order valence-corrected chi connectivity index (χ0v) is 7.27. The summed E-state index contributed by atoms with van der Waals surface area (Å²) in [7, 11) is 0. The number of carbonyl (C=O) groups is 1. The van der Waals surface area contributed by atoms with Crippen LogP contribution in [0.25, 0.3) is 10.9 Å². The van der Waals surface area contributed by atoms with E-state index in [1.807, 2.05) is 0 Å². The zero-order chi connectivity index (χ0) is 10.1. The Morgan fingerprint density at radius 3 is 2.86 bits per heavy atom. The highest BCUT2D eigenvalue weighted by Crippen LogP contribution is 2.20. The number of anilines is 1. The summed E-state index contributed by atoms with van der Waals surface area (Å²) in [6, 6.07) is 5.07. The van der Waals surface area contributed by atoms with Crippen LogP contribution in [0.4, 0.5) is 5.69 Å². The highest BCUT2D eigenvalue weighted by Gasteiger charge is 2.08. The van der Waals surface area contributed by atoms with Gasteiger partial charge in [-0.2, -0.15) is 5.10 Å². The van der Waals surface area contributed by atoms with Crippen LogP contribution >= 0.6 is 0 Å². The van der Waals surface area contributed by atoms with Gasteiger partial charge in [-0.25, -0.2) is 0 Å². The minimum atomic E-state index is -0.532. The summed E-state index contributed by atoms with van der Waals surface area (Å²) in [5.41, 5.74) is 12.1. The summed E-state index contributed by atoms with van der Waals surface area (Å²) >= 11 is 0. The lowest BCUT2D eigenvalue weighted by Gasteiger charge is -2.02. The van der Waals surface area contributed by atoms with Crippen LogP contribution in [0.2, 0.25) is 0 Å². The van der Waals surface area contributed by atoms with E-state index in [-0.39, 0.29) is 0 Å². The van der Waals surface area contributed by atoms with Gasteiger partial charge >= 0.3 is 0 Å². The number of carbonyl (C=O) groups excluding carboxylic acids is 1. The summed E-state index contributed by atoms with van der Waals surface area (Å²) in [6.45, 7) is 0. The number of hydrogen-bond acceptors (Lipinski definition) is 4. The summed E-state index contributed by atoms with van der Waals surface area (Å²) in [4.78, 5) is 11.0. The summed E-state index contributed by atoms with van der Waals surface area (Å²) in [5.74, 6) is -0.532. The molecule has 5 heteroatoms. The lowest BCUT2D eigenvalue weighted by Crippen LogP contribution is -2.12. The number of aromatic nitrogens is 2. The number of nitrogens with two attached hydrogens (primary N) is 2. The number of rotatable bonds is 1.